The lowest BCUT2D eigenvalue weighted by molar-refractivity contribution is -0.144. The first-order valence-corrected chi connectivity index (χ1v) is 12.9. The lowest BCUT2D eigenvalue weighted by Gasteiger charge is -2.23. The van der Waals surface area contributed by atoms with Crippen LogP contribution in [0.5, 0.6) is 0 Å². The van der Waals surface area contributed by atoms with Crippen LogP contribution < -0.4 is 33.3 Å². The van der Waals surface area contributed by atoms with Crippen LogP contribution in [0.3, 0.4) is 0 Å². The number of fused-ring (bicyclic) bond motifs is 1. The lowest BCUT2D eigenvalue weighted by atomic mass is 10.1. The Labute approximate surface area is 200 Å². The van der Waals surface area contributed by atoms with Crippen LogP contribution >= 0.6 is 7.26 Å². The van der Waals surface area contributed by atoms with E-state index in [1.807, 2.05) is 42.6 Å². The number of nitrogens with one attached hydrogen (secondary N) is 1. The topological polar surface area (TPSA) is 68.1 Å². The summed E-state index contributed by atoms with van der Waals surface area (Å²) in [5.74, 6) is -0.349. The maximum absolute atomic E-state index is 12.6. The number of halogens is 1. The highest BCUT2D eigenvalue weighted by Crippen LogP contribution is 2.52. The molecule has 0 aliphatic heterocycles. The van der Waals surface area contributed by atoms with Gasteiger partial charge in [0.1, 0.15) is 18.8 Å². The van der Waals surface area contributed by atoms with E-state index in [1.54, 1.807) is 0 Å². The highest BCUT2D eigenvalue weighted by atomic mass is 79.9. The molecule has 32 heavy (non-hydrogen) atoms. The van der Waals surface area contributed by atoms with Crippen molar-refractivity contribution in [2.45, 2.75) is 12.5 Å². The van der Waals surface area contributed by atoms with Crippen LogP contribution in [0, 0.1) is 0 Å². The number of aromatic amines is 1. The molecule has 1 aromatic heterocycles. The van der Waals surface area contributed by atoms with Gasteiger partial charge in [0.05, 0.1) is 24.5 Å². The minimum absolute atomic E-state index is 0. The maximum Gasteiger partial charge on any atom is 0.323 e. The molecule has 4 aromatic rings. The Balaban J connectivity index is 0.00000289. The van der Waals surface area contributed by atoms with Crippen LogP contribution in [0.1, 0.15) is 5.56 Å². The zero-order valence-corrected chi connectivity index (χ0v) is 20.6. The van der Waals surface area contributed by atoms with Crippen LogP contribution in [0.4, 0.5) is 0 Å². The monoisotopic (exact) mass is 510 g/mol. The van der Waals surface area contributed by atoms with Crippen molar-refractivity contribution in [3.63, 3.8) is 0 Å². The Morgan fingerprint density at radius 3 is 2.12 bits per heavy atom. The summed E-state index contributed by atoms with van der Waals surface area (Å²) in [4.78, 5) is 15.8. The van der Waals surface area contributed by atoms with E-state index in [9.17, 15) is 4.79 Å². The highest BCUT2D eigenvalue weighted by molar-refractivity contribution is 7.88. The van der Waals surface area contributed by atoms with Gasteiger partial charge in [0, 0.05) is 23.5 Å². The SMILES string of the molecule is C[P+](CCOC(=O)[C@@H](N)Cc1c[nH]c2ccccc12)(c1ccccc1)c1ccccc1.[Br-]. The van der Waals surface area contributed by atoms with E-state index in [1.165, 1.54) is 10.6 Å². The third kappa shape index (κ3) is 5.29. The molecule has 0 amide bonds. The highest BCUT2D eigenvalue weighted by Gasteiger charge is 2.37. The van der Waals surface area contributed by atoms with E-state index in [4.69, 9.17) is 10.5 Å². The number of H-pyrrole nitrogens is 1. The van der Waals surface area contributed by atoms with E-state index in [0.29, 0.717) is 13.0 Å². The largest absolute Gasteiger partial charge is 1.00 e. The second kappa shape index (κ2) is 10.9. The molecule has 1 atom stereocenters. The second-order valence-corrected chi connectivity index (χ2v) is 11.8. The van der Waals surface area contributed by atoms with Crippen LogP contribution in [-0.2, 0) is 16.0 Å². The predicted octanol–water partition coefficient (Wildman–Crippen LogP) is 0.883. The number of hydrogen-bond acceptors (Lipinski definition) is 3. The Bertz CT molecular complexity index is 1110. The molecule has 6 heteroatoms. The number of nitrogens with two attached hydrogens (primary N) is 1. The Hall–Kier alpha value is -2.46. The first kappa shape index (κ1) is 24.2. The molecule has 0 radical (unpaired) electrons. The molecule has 3 N–H and O–H groups in total. The standard InChI is InChI=1S/C26H28N2O2P.BrH/c1-31(21-10-4-2-5-11-21,22-12-6-3-7-13-22)17-16-30-26(29)24(27)18-20-19-28-25-15-9-8-14-23(20)25;/h2-15,19,24,28H,16-18,27H2,1H3;1H/q+1;/p-1/t24-;/m0./s1. The van der Waals surface area contributed by atoms with Crippen molar-refractivity contribution in [1.82, 2.24) is 4.98 Å². The lowest BCUT2D eigenvalue weighted by Crippen LogP contribution is -3.00. The van der Waals surface area contributed by atoms with Gasteiger partial charge in [-0.2, -0.15) is 0 Å². The molecule has 0 aliphatic carbocycles. The van der Waals surface area contributed by atoms with Gasteiger partial charge in [-0.3, -0.25) is 4.79 Å². The van der Waals surface area contributed by atoms with Crippen molar-refractivity contribution in [3.05, 3.63) is 96.7 Å². The number of benzene rings is 3. The predicted molar refractivity (Wildman–Crippen MR) is 131 cm³/mol. The first-order chi connectivity index (χ1) is 15.1. The summed E-state index contributed by atoms with van der Waals surface area (Å²) in [7, 11) is -1.67. The molecule has 4 nitrogen and oxygen atoms in total. The fourth-order valence-electron chi connectivity index (χ4n) is 3.98. The molecule has 0 aliphatic rings. The van der Waals surface area contributed by atoms with Gasteiger partial charge in [0.25, 0.3) is 0 Å². The average molecular weight is 511 g/mol. The zero-order chi connectivity index (χ0) is 21.7. The van der Waals surface area contributed by atoms with Crippen LogP contribution in [0.25, 0.3) is 10.9 Å². The average Bonchev–Trinajstić information content (AvgIpc) is 3.23. The summed E-state index contributed by atoms with van der Waals surface area (Å²) < 4.78 is 5.66. The van der Waals surface area contributed by atoms with E-state index < -0.39 is 13.3 Å². The quantitative estimate of drug-likeness (QED) is 0.273. The molecule has 0 spiro atoms. The van der Waals surface area contributed by atoms with Gasteiger partial charge in [-0.1, -0.05) is 54.6 Å². The third-order valence-electron chi connectivity index (χ3n) is 5.85. The smallest absolute Gasteiger partial charge is 0.323 e. The summed E-state index contributed by atoms with van der Waals surface area (Å²) in [6.45, 7) is 2.66. The first-order valence-electron chi connectivity index (χ1n) is 10.5. The van der Waals surface area contributed by atoms with Gasteiger partial charge in [-0.25, -0.2) is 0 Å². The van der Waals surface area contributed by atoms with Gasteiger partial charge in [-0.15, -0.1) is 0 Å². The number of carbonyl (C=O) groups is 1. The van der Waals surface area contributed by atoms with Crippen molar-refractivity contribution in [1.29, 1.82) is 0 Å². The molecule has 1 heterocycles. The van der Waals surface area contributed by atoms with Crippen molar-refractivity contribution >= 4 is 34.7 Å². The molecule has 0 saturated heterocycles. The van der Waals surface area contributed by atoms with Crippen molar-refractivity contribution in [3.8, 4) is 0 Å². The number of hydrogen-bond donors (Lipinski definition) is 2. The molecule has 0 fully saturated rings. The van der Waals surface area contributed by atoms with Gasteiger partial charge >= 0.3 is 5.97 Å². The Morgan fingerprint density at radius 2 is 1.50 bits per heavy atom. The van der Waals surface area contributed by atoms with Crippen LogP contribution in [0.15, 0.2) is 91.1 Å². The number of rotatable bonds is 8. The van der Waals surface area contributed by atoms with Gasteiger partial charge in [0.15, 0.2) is 0 Å². The fourth-order valence-corrected chi connectivity index (χ4v) is 6.91. The fraction of sp³-hybridized carbons (Fsp3) is 0.192. The van der Waals surface area contributed by atoms with E-state index >= 15 is 0 Å². The molecule has 0 unspecified atom stereocenters. The number of carbonyl (C=O) groups excluding carboxylic acids is 1. The number of para-hydroxylation sites is 1. The zero-order valence-electron chi connectivity index (χ0n) is 18.1. The van der Waals surface area contributed by atoms with E-state index in [2.05, 4.69) is 60.2 Å². The summed E-state index contributed by atoms with van der Waals surface area (Å²) in [6, 6.07) is 28.4. The minimum atomic E-state index is -1.67. The molecule has 4 rings (SSSR count). The van der Waals surface area contributed by atoms with Crippen LogP contribution in [0.2, 0.25) is 0 Å². The van der Waals surface area contributed by atoms with E-state index in [0.717, 1.165) is 22.6 Å². The number of aromatic nitrogens is 1. The molecule has 0 saturated carbocycles. The van der Waals surface area contributed by atoms with Gasteiger partial charge in [0.2, 0.25) is 0 Å². The molecule has 166 valence electrons. The van der Waals surface area contributed by atoms with Gasteiger partial charge < -0.3 is 32.4 Å². The van der Waals surface area contributed by atoms with Crippen molar-refractivity contribution < 1.29 is 26.5 Å². The van der Waals surface area contributed by atoms with Crippen LogP contribution in [-0.4, -0.2) is 36.4 Å². The van der Waals surface area contributed by atoms with Crippen molar-refractivity contribution in [2.24, 2.45) is 5.73 Å². The molecular formula is C26H28BrN2O2P. The number of esters is 1. The maximum atomic E-state index is 12.6. The summed E-state index contributed by atoms with van der Waals surface area (Å²) in [6.07, 6.45) is 3.16. The molecular weight excluding hydrogens is 483 g/mol. The normalized spacial score (nSPS) is 12.2. The molecule has 0 bridgehead atoms. The summed E-state index contributed by atoms with van der Waals surface area (Å²) >= 11 is 0. The second-order valence-electron chi connectivity index (χ2n) is 7.92. The number of ether oxygens (including phenoxy) is 1. The Morgan fingerprint density at radius 1 is 0.938 bits per heavy atom. The summed E-state index contributed by atoms with van der Waals surface area (Å²) in [5.41, 5.74) is 8.27. The minimum Gasteiger partial charge on any atom is -1.00 e. The van der Waals surface area contributed by atoms with Gasteiger partial charge in [-0.05, 0) is 35.9 Å². The Kier molecular flexibility index (Phi) is 8.25. The summed E-state index contributed by atoms with van der Waals surface area (Å²) in [5, 5.41) is 3.71. The van der Waals surface area contributed by atoms with E-state index in [-0.39, 0.29) is 23.0 Å². The third-order valence-corrected chi connectivity index (χ3v) is 9.81. The van der Waals surface area contributed by atoms with Crippen molar-refractivity contribution in [2.75, 3.05) is 19.4 Å². The molecule has 3 aromatic carbocycles.